The Morgan fingerprint density at radius 2 is 1.15 bits per heavy atom. The molecule has 0 bridgehead atoms. The summed E-state index contributed by atoms with van der Waals surface area (Å²) in [5.41, 5.74) is 8.51. The van der Waals surface area contributed by atoms with Crippen LogP contribution in [-0.4, -0.2) is 9.55 Å². The van der Waals surface area contributed by atoms with Crippen molar-refractivity contribution in [3.05, 3.63) is 158 Å². The summed E-state index contributed by atoms with van der Waals surface area (Å²) in [5.74, 6) is 3.70. The molecule has 0 amide bonds. The summed E-state index contributed by atoms with van der Waals surface area (Å²) >= 11 is 0. The summed E-state index contributed by atoms with van der Waals surface area (Å²) in [4.78, 5) is 5.03. The van der Waals surface area contributed by atoms with Crippen LogP contribution < -0.4 is 0 Å². The number of nitrogens with zero attached hydrogens (tertiary/aromatic N) is 2. The molecule has 0 fully saturated rings. The van der Waals surface area contributed by atoms with Gasteiger partial charge in [0.1, 0.15) is 5.82 Å². The molecule has 1 aromatic heterocycles. The summed E-state index contributed by atoms with van der Waals surface area (Å²) in [6, 6.07) is 49.8. The van der Waals surface area contributed by atoms with Crippen molar-refractivity contribution in [2.45, 2.75) is 6.92 Å². The standard InChI is InChI=1S/C44H30N2/c1-3-5-16-35(4-2)46-41-22-13-12-21-40(41)45-44(46)32-26-24-31(25-27-32)42-36-17-8-10-19-38(36)43(39-20-11-9-18-37(39)42)34-28-23-30-14-6-7-15-33(30)29-34/h2-3,5-29H,1H3/b5-3-,35-16+. The fourth-order valence-electron chi connectivity index (χ4n) is 6.72. The zero-order valence-electron chi connectivity index (χ0n) is 25.5. The van der Waals surface area contributed by atoms with Crippen LogP contribution >= 0.6 is 0 Å². The fraction of sp³-hybridized carbons (Fsp3) is 0.0227. The van der Waals surface area contributed by atoms with Crippen LogP contribution in [0.2, 0.25) is 0 Å². The molecule has 0 saturated carbocycles. The highest BCUT2D eigenvalue weighted by Gasteiger charge is 2.18. The average molecular weight is 587 g/mol. The molecule has 46 heavy (non-hydrogen) atoms. The minimum atomic E-state index is 0.743. The third-order valence-electron chi connectivity index (χ3n) is 8.80. The predicted octanol–water partition coefficient (Wildman–Crippen LogP) is 11.5. The number of imidazole rings is 1. The minimum absolute atomic E-state index is 0.743. The number of fused-ring (bicyclic) bond motifs is 4. The molecular formula is C44H30N2. The van der Waals surface area contributed by atoms with Gasteiger partial charge in [-0.25, -0.2) is 4.98 Å². The molecule has 0 aliphatic carbocycles. The number of rotatable bonds is 5. The quantitative estimate of drug-likeness (QED) is 0.111. The maximum Gasteiger partial charge on any atom is 0.146 e. The van der Waals surface area contributed by atoms with Crippen molar-refractivity contribution in [3.63, 3.8) is 0 Å². The van der Waals surface area contributed by atoms with E-state index in [2.05, 4.69) is 132 Å². The molecule has 216 valence electrons. The Morgan fingerprint density at radius 3 is 1.80 bits per heavy atom. The van der Waals surface area contributed by atoms with E-state index in [4.69, 9.17) is 11.4 Å². The van der Waals surface area contributed by atoms with Crippen molar-refractivity contribution < 1.29 is 0 Å². The summed E-state index contributed by atoms with van der Waals surface area (Å²) in [5, 5.41) is 7.43. The van der Waals surface area contributed by atoms with Gasteiger partial charge in [-0.2, -0.15) is 0 Å². The van der Waals surface area contributed by atoms with Gasteiger partial charge < -0.3 is 0 Å². The van der Waals surface area contributed by atoms with E-state index in [-0.39, 0.29) is 0 Å². The van der Waals surface area contributed by atoms with E-state index in [0.717, 1.165) is 33.7 Å². The predicted molar refractivity (Wildman–Crippen MR) is 196 cm³/mol. The molecule has 0 N–H and O–H groups in total. The molecule has 2 nitrogen and oxygen atoms in total. The first-order valence-electron chi connectivity index (χ1n) is 15.6. The number of aromatic nitrogens is 2. The van der Waals surface area contributed by atoms with E-state index < -0.39 is 0 Å². The van der Waals surface area contributed by atoms with Crippen LogP contribution in [0.1, 0.15) is 6.92 Å². The zero-order valence-corrected chi connectivity index (χ0v) is 25.5. The van der Waals surface area contributed by atoms with Gasteiger partial charge in [-0.05, 0) is 85.8 Å². The SMILES string of the molecule is C#C/C(=C\C=C/C)n1c(-c2ccc(-c3c4ccccc4c(-c4ccc5ccccc5c4)c4ccccc34)cc2)nc2ccccc21. The van der Waals surface area contributed by atoms with E-state index in [1.165, 1.54) is 49.0 Å². The lowest BCUT2D eigenvalue weighted by atomic mass is 9.85. The van der Waals surface area contributed by atoms with E-state index in [0.29, 0.717) is 0 Å². The van der Waals surface area contributed by atoms with Crippen molar-refractivity contribution in [2.24, 2.45) is 0 Å². The lowest BCUT2D eigenvalue weighted by Crippen LogP contribution is -1.98. The number of terminal acetylenes is 1. The molecule has 0 aliphatic rings. The third-order valence-corrected chi connectivity index (χ3v) is 8.80. The van der Waals surface area contributed by atoms with Gasteiger partial charge in [0.25, 0.3) is 0 Å². The topological polar surface area (TPSA) is 17.8 Å². The van der Waals surface area contributed by atoms with Crippen LogP contribution in [0.25, 0.3) is 82.7 Å². The Kier molecular flexibility index (Phi) is 6.78. The van der Waals surface area contributed by atoms with E-state index >= 15 is 0 Å². The molecule has 1 heterocycles. The van der Waals surface area contributed by atoms with Gasteiger partial charge >= 0.3 is 0 Å². The van der Waals surface area contributed by atoms with Gasteiger partial charge in [0, 0.05) is 5.56 Å². The average Bonchev–Trinajstić information content (AvgIpc) is 3.50. The van der Waals surface area contributed by atoms with Crippen molar-refractivity contribution in [2.75, 3.05) is 0 Å². The lowest BCUT2D eigenvalue weighted by molar-refractivity contribution is 1.15. The Labute approximate surface area is 268 Å². The van der Waals surface area contributed by atoms with Gasteiger partial charge in [0.2, 0.25) is 0 Å². The smallest absolute Gasteiger partial charge is 0.146 e. The third kappa shape index (κ3) is 4.50. The minimum Gasteiger partial charge on any atom is -0.285 e. The molecule has 0 aliphatic heterocycles. The molecule has 0 atom stereocenters. The van der Waals surface area contributed by atoms with Crippen molar-refractivity contribution in [1.29, 1.82) is 0 Å². The Balaban J connectivity index is 1.33. The summed E-state index contributed by atoms with van der Waals surface area (Å²) in [6.07, 6.45) is 11.9. The molecule has 8 aromatic rings. The molecule has 8 rings (SSSR count). The number of para-hydroxylation sites is 2. The van der Waals surface area contributed by atoms with Gasteiger partial charge in [-0.3, -0.25) is 4.57 Å². The van der Waals surface area contributed by atoms with Crippen LogP contribution in [0.3, 0.4) is 0 Å². The van der Waals surface area contributed by atoms with Crippen molar-refractivity contribution in [3.8, 4) is 46.0 Å². The molecular weight excluding hydrogens is 556 g/mol. The summed E-state index contributed by atoms with van der Waals surface area (Å²) in [6.45, 7) is 1.98. The maximum atomic E-state index is 6.03. The van der Waals surface area contributed by atoms with E-state index in [9.17, 15) is 0 Å². The molecule has 0 saturated heterocycles. The highest BCUT2D eigenvalue weighted by molar-refractivity contribution is 6.21. The summed E-state index contributed by atoms with van der Waals surface area (Å²) in [7, 11) is 0. The second kappa shape index (κ2) is 11.4. The van der Waals surface area contributed by atoms with Crippen LogP contribution in [0.5, 0.6) is 0 Å². The highest BCUT2D eigenvalue weighted by Crippen LogP contribution is 2.44. The van der Waals surface area contributed by atoms with Gasteiger partial charge in [0.05, 0.1) is 16.7 Å². The second-order valence-electron chi connectivity index (χ2n) is 11.5. The maximum absolute atomic E-state index is 6.03. The number of benzene rings is 7. The van der Waals surface area contributed by atoms with Crippen molar-refractivity contribution in [1.82, 2.24) is 9.55 Å². The first-order chi connectivity index (χ1) is 22.7. The van der Waals surface area contributed by atoms with Crippen LogP contribution in [-0.2, 0) is 0 Å². The molecule has 0 spiro atoms. The Bertz CT molecular complexity index is 2480. The van der Waals surface area contributed by atoms with Gasteiger partial charge in [0.15, 0.2) is 0 Å². The highest BCUT2D eigenvalue weighted by atomic mass is 15.1. The normalized spacial score (nSPS) is 12.0. The Morgan fingerprint density at radius 1 is 0.609 bits per heavy atom. The Hall–Kier alpha value is -6.17. The molecule has 0 radical (unpaired) electrons. The number of allylic oxidation sites excluding steroid dienone is 4. The fourth-order valence-corrected chi connectivity index (χ4v) is 6.72. The van der Waals surface area contributed by atoms with Crippen LogP contribution in [0, 0.1) is 12.3 Å². The van der Waals surface area contributed by atoms with E-state index in [1.807, 2.05) is 43.4 Å². The number of hydrogen-bond donors (Lipinski definition) is 0. The molecule has 2 heteroatoms. The van der Waals surface area contributed by atoms with Crippen LogP contribution in [0.15, 0.2) is 158 Å². The summed E-state index contributed by atoms with van der Waals surface area (Å²) < 4.78 is 2.08. The first kappa shape index (κ1) is 27.4. The molecule has 0 unspecified atom stereocenters. The second-order valence-corrected chi connectivity index (χ2v) is 11.5. The van der Waals surface area contributed by atoms with Crippen molar-refractivity contribution >= 4 is 49.0 Å². The van der Waals surface area contributed by atoms with Gasteiger partial charge in [-0.15, -0.1) is 6.42 Å². The lowest BCUT2D eigenvalue weighted by Gasteiger charge is -2.18. The largest absolute Gasteiger partial charge is 0.285 e. The molecule has 7 aromatic carbocycles. The number of hydrogen-bond acceptors (Lipinski definition) is 1. The monoisotopic (exact) mass is 586 g/mol. The van der Waals surface area contributed by atoms with E-state index in [1.54, 1.807) is 0 Å². The van der Waals surface area contributed by atoms with Crippen LogP contribution in [0.4, 0.5) is 0 Å². The first-order valence-corrected chi connectivity index (χ1v) is 15.6. The van der Waals surface area contributed by atoms with Gasteiger partial charge in [-0.1, -0.05) is 139 Å². The zero-order chi connectivity index (χ0) is 31.0.